The summed E-state index contributed by atoms with van der Waals surface area (Å²) in [5, 5.41) is 0. The van der Waals surface area contributed by atoms with Crippen molar-refractivity contribution in [2.75, 3.05) is 11.5 Å². The topological polar surface area (TPSA) is 38.8 Å². The smallest absolute Gasteiger partial charge is 0.270 e. The fourth-order valence-electron chi connectivity index (χ4n) is 3.87. The van der Waals surface area contributed by atoms with Gasteiger partial charge in [0, 0.05) is 5.56 Å². The van der Waals surface area contributed by atoms with Gasteiger partial charge in [0.2, 0.25) is 0 Å². The first-order valence-corrected chi connectivity index (χ1v) is 12.6. The molecular formula is C29H27NO3S2. The molecule has 0 N–H and O–H groups in total. The summed E-state index contributed by atoms with van der Waals surface area (Å²) >= 11 is 6.87. The van der Waals surface area contributed by atoms with Crippen molar-refractivity contribution >= 4 is 46.0 Å². The van der Waals surface area contributed by atoms with Gasteiger partial charge in [0.1, 0.15) is 6.61 Å². The van der Waals surface area contributed by atoms with Gasteiger partial charge in [-0.2, -0.15) is 0 Å². The van der Waals surface area contributed by atoms with E-state index in [-0.39, 0.29) is 5.91 Å². The van der Waals surface area contributed by atoms with Gasteiger partial charge < -0.3 is 9.47 Å². The number of para-hydroxylation sites is 1. The third kappa shape index (κ3) is 5.66. The molecule has 4 nitrogen and oxygen atoms in total. The van der Waals surface area contributed by atoms with Crippen molar-refractivity contribution in [3.8, 4) is 11.5 Å². The van der Waals surface area contributed by atoms with Crippen LogP contribution < -0.4 is 14.4 Å². The minimum Gasteiger partial charge on any atom is -0.490 e. The molecule has 0 atom stereocenters. The van der Waals surface area contributed by atoms with Gasteiger partial charge in [-0.05, 0) is 61.2 Å². The second kappa shape index (κ2) is 11.4. The number of benzene rings is 3. The number of thiocarbonyl (C=S) groups is 1. The number of hydrogen-bond donors (Lipinski definition) is 0. The summed E-state index contributed by atoms with van der Waals surface area (Å²) < 4.78 is 12.7. The van der Waals surface area contributed by atoms with Crippen LogP contribution in [0.1, 0.15) is 29.2 Å². The maximum atomic E-state index is 13.3. The zero-order chi connectivity index (χ0) is 24.8. The van der Waals surface area contributed by atoms with Crippen LogP contribution in [0, 0.1) is 6.92 Å². The first-order chi connectivity index (χ1) is 17.0. The number of allylic oxidation sites excluding steroid dienone is 1. The minimum atomic E-state index is -0.123. The summed E-state index contributed by atoms with van der Waals surface area (Å²) in [6.45, 7) is 8.74. The van der Waals surface area contributed by atoms with E-state index < -0.39 is 0 Å². The molecule has 1 aliphatic heterocycles. The number of thioether (sulfide) groups is 1. The molecule has 0 radical (unpaired) electrons. The van der Waals surface area contributed by atoms with Crippen LogP contribution in [0.3, 0.4) is 0 Å². The Labute approximate surface area is 216 Å². The molecule has 1 heterocycles. The number of anilines is 1. The zero-order valence-electron chi connectivity index (χ0n) is 19.8. The number of nitrogens with zero attached hydrogens (tertiary/aromatic N) is 1. The van der Waals surface area contributed by atoms with Crippen molar-refractivity contribution in [2.24, 2.45) is 0 Å². The SMILES string of the molecule is C=CCc1cc(/C=C2\SC(=S)N(c3ccccc3C)C2=O)cc(OCC)c1OCc1ccccc1. The third-order valence-electron chi connectivity index (χ3n) is 5.49. The van der Waals surface area contributed by atoms with Crippen molar-refractivity contribution in [1.29, 1.82) is 0 Å². The molecule has 3 aromatic rings. The molecule has 1 aliphatic rings. The van der Waals surface area contributed by atoms with Gasteiger partial charge in [0.15, 0.2) is 15.8 Å². The summed E-state index contributed by atoms with van der Waals surface area (Å²) in [5.74, 6) is 1.21. The highest BCUT2D eigenvalue weighted by Crippen LogP contribution is 2.39. The predicted octanol–water partition coefficient (Wildman–Crippen LogP) is 7.11. The van der Waals surface area contributed by atoms with Crippen LogP contribution in [-0.4, -0.2) is 16.8 Å². The Morgan fingerprint density at radius 1 is 1.06 bits per heavy atom. The van der Waals surface area contributed by atoms with Crippen LogP contribution in [0.4, 0.5) is 5.69 Å². The molecule has 0 spiro atoms. The van der Waals surface area contributed by atoms with Gasteiger partial charge in [-0.3, -0.25) is 9.69 Å². The summed E-state index contributed by atoms with van der Waals surface area (Å²) in [7, 11) is 0. The predicted molar refractivity (Wildman–Crippen MR) is 149 cm³/mol. The molecule has 0 saturated carbocycles. The number of rotatable bonds is 9. The van der Waals surface area contributed by atoms with Crippen LogP contribution >= 0.6 is 24.0 Å². The first kappa shape index (κ1) is 24.8. The third-order valence-corrected chi connectivity index (χ3v) is 6.79. The Morgan fingerprint density at radius 3 is 2.51 bits per heavy atom. The summed E-state index contributed by atoms with van der Waals surface area (Å²) in [5.41, 5.74) is 4.68. The fraction of sp³-hybridized carbons (Fsp3) is 0.172. The second-order valence-electron chi connectivity index (χ2n) is 8.01. The lowest BCUT2D eigenvalue weighted by Crippen LogP contribution is -2.28. The average molecular weight is 502 g/mol. The molecule has 0 aliphatic carbocycles. The normalized spacial score (nSPS) is 14.5. The molecule has 1 fully saturated rings. The van der Waals surface area contributed by atoms with E-state index in [2.05, 4.69) is 6.58 Å². The largest absolute Gasteiger partial charge is 0.490 e. The molecule has 4 rings (SSSR count). The highest BCUT2D eigenvalue weighted by molar-refractivity contribution is 8.27. The number of ether oxygens (including phenoxy) is 2. The first-order valence-electron chi connectivity index (χ1n) is 11.4. The number of carbonyl (C=O) groups excluding carboxylic acids is 1. The molecule has 6 heteroatoms. The maximum absolute atomic E-state index is 13.3. The number of amides is 1. The van der Waals surface area contributed by atoms with E-state index in [9.17, 15) is 4.79 Å². The lowest BCUT2D eigenvalue weighted by Gasteiger charge is -2.17. The summed E-state index contributed by atoms with van der Waals surface area (Å²) in [4.78, 5) is 15.5. The molecule has 0 aromatic heterocycles. The minimum absolute atomic E-state index is 0.123. The number of hydrogen-bond acceptors (Lipinski definition) is 5. The summed E-state index contributed by atoms with van der Waals surface area (Å²) in [6, 6.07) is 21.7. The van der Waals surface area contributed by atoms with Crippen molar-refractivity contribution in [3.63, 3.8) is 0 Å². The number of carbonyl (C=O) groups is 1. The van der Waals surface area contributed by atoms with E-state index in [0.29, 0.717) is 40.4 Å². The van der Waals surface area contributed by atoms with Crippen LogP contribution in [-0.2, 0) is 17.8 Å². The molecule has 0 bridgehead atoms. The van der Waals surface area contributed by atoms with Crippen molar-refractivity contribution in [1.82, 2.24) is 0 Å². The maximum Gasteiger partial charge on any atom is 0.270 e. The fourth-order valence-corrected chi connectivity index (χ4v) is 5.16. The molecule has 1 amide bonds. The van der Waals surface area contributed by atoms with Crippen LogP contribution in [0.2, 0.25) is 0 Å². The van der Waals surface area contributed by atoms with Gasteiger partial charge in [-0.1, -0.05) is 78.6 Å². The van der Waals surface area contributed by atoms with Crippen LogP contribution in [0.5, 0.6) is 11.5 Å². The Morgan fingerprint density at radius 2 is 1.80 bits per heavy atom. The van der Waals surface area contributed by atoms with Gasteiger partial charge in [-0.25, -0.2) is 0 Å². The van der Waals surface area contributed by atoms with E-state index in [1.165, 1.54) is 11.8 Å². The number of aryl methyl sites for hydroxylation is 1. The van der Waals surface area contributed by atoms with Crippen LogP contribution in [0.25, 0.3) is 6.08 Å². The van der Waals surface area contributed by atoms with Gasteiger partial charge in [-0.15, -0.1) is 6.58 Å². The lowest BCUT2D eigenvalue weighted by molar-refractivity contribution is -0.113. The van der Waals surface area contributed by atoms with E-state index in [1.54, 1.807) is 4.90 Å². The Hall–Kier alpha value is -3.35. The van der Waals surface area contributed by atoms with Crippen molar-refractivity contribution in [2.45, 2.75) is 26.9 Å². The molecule has 1 saturated heterocycles. The highest BCUT2D eigenvalue weighted by Gasteiger charge is 2.34. The molecule has 0 unspecified atom stereocenters. The molecular weight excluding hydrogens is 474 g/mol. The van der Waals surface area contributed by atoms with E-state index in [0.717, 1.165) is 27.9 Å². The van der Waals surface area contributed by atoms with Gasteiger partial charge >= 0.3 is 0 Å². The quantitative estimate of drug-likeness (QED) is 0.178. The lowest BCUT2D eigenvalue weighted by atomic mass is 10.0. The van der Waals surface area contributed by atoms with Gasteiger partial charge in [0.25, 0.3) is 5.91 Å². The van der Waals surface area contributed by atoms with E-state index >= 15 is 0 Å². The molecule has 178 valence electrons. The molecule has 35 heavy (non-hydrogen) atoms. The monoisotopic (exact) mass is 501 g/mol. The second-order valence-corrected chi connectivity index (χ2v) is 9.69. The summed E-state index contributed by atoms with van der Waals surface area (Å²) in [6.07, 6.45) is 4.31. The van der Waals surface area contributed by atoms with Gasteiger partial charge in [0.05, 0.1) is 17.2 Å². The van der Waals surface area contributed by atoms with Crippen molar-refractivity contribution in [3.05, 3.63) is 107 Å². The van der Waals surface area contributed by atoms with Crippen LogP contribution in [0.15, 0.2) is 84.3 Å². The van der Waals surface area contributed by atoms with E-state index in [1.807, 2.05) is 92.7 Å². The van der Waals surface area contributed by atoms with E-state index in [4.69, 9.17) is 21.7 Å². The average Bonchev–Trinajstić information content (AvgIpc) is 3.12. The Balaban J connectivity index is 1.68. The van der Waals surface area contributed by atoms with Crippen molar-refractivity contribution < 1.29 is 14.3 Å². The standard InChI is InChI=1S/C29H27NO3S2/c1-4-11-23-16-22(17-25(32-5-2)27(23)33-19-21-13-7-6-8-14-21)18-26-28(31)30(29(34)35-26)24-15-10-9-12-20(24)3/h4,6-10,12-18H,1,5,11,19H2,2-3H3/b26-18-. The highest BCUT2D eigenvalue weighted by atomic mass is 32.2. The molecule has 3 aromatic carbocycles. The Bertz CT molecular complexity index is 1280. The Kier molecular flexibility index (Phi) is 8.06. The zero-order valence-corrected chi connectivity index (χ0v) is 21.5.